The first-order valence-corrected chi connectivity index (χ1v) is 25.3. The van der Waals surface area contributed by atoms with Crippen LogP contribution in [0.5, 0.6) is 11.5 Å². The van der Waals surface area contributed by atoms with Crippen LogP contribution in [0.3, 0.4) is 0 Å². The molecule has 0 spiro atoms. The fourth-order valence-electron chi connectivity index (χ4n) is 11.0. The van der Waals surface area contributed by atoms with Gasteiger partial charge in [0.15, 0.2) is 0 Å². The zero-order valence-corrected chi connectivity index (χ0v) is 44.9. The predicted molar refractivity (Wildman–Crippen MR) is 310 cm³/mol. The molecule has 75 heavy (non-hydrogen) atoms. The third kappa shape index (κ3) is 8.31. The van der Waals surface area contributed by atoms with Gasteiger partial charge in [0.05, 0.1) is 0 Å². The fraction of sp³-hybridized carbons (Fsp3) is 0.130. The van der Waals surface area contributed by atoms with E-state index in [2.05, 4.69) is 232 Å². The first-order valence-electron chi connectivity index (χ1n) is 26.8. The molecule has 1 aliphatic heterocycles. The van der Waals surface area contributed by atoms with Gasteiger partial charge in [0.1, 0.15) is 5.82 Å². The molecule has 9 aromatic carbocycles. The van der Waals surface area contributed by atoms with E-state index in [0.717, 1.165) is 110 Å². The molecule has 0 aliphatic carbocycles. The van der Waals surface area contributed by atoms with Crippen molar-refractivity contribution in [1.29, 1.82) is 0 Å². The van der Waals surface area contributed by atoms with Crippen LogP contribution in [0, 0.1) is 25.7 Å². The van der Waals surface area contributed by atoms with Crippen LogP contribution < -0.4 is 9.64 Å². The Kier molecular flexibility index (Phi) is 10.9. The molecule has 6 heteroatoms. The molecule has 0 unspecified atom stereocenters. The number of hydrogen-bond acceptors (Lipinski definition) is 3. The van der Waals surface area contributed by atoms with Crippen LogP contribution in [0.15, 0.2) is 200 Å². The van der Waals surface area contributed by atoms with E-state index in [0.29, 0.717) is 17.1 Å². The Bertz CT molecular complexity index is 4400. The third-order valence-electron chi connectivity index (χ3n) is 14.7. The van der Waals surface area contributed by atoms with Gasteiger partial charge in [-0.05, 0) is 131 Å². The average Bonchev–Trinajstić information content (AvgIpc) is 4.20. The number of benzene rings is 9. The Morgan fingerprint density at radius 3 is 1.88 bits per heavy atom. The Morgan fingerprint density at radius 2 is 1.16 bits per heavy atom. The molecule has 4 heterocycles. The number of hydrogen-bond donors (Lipinski definition) is 0. The number of rotatable bonds is 6. The molecule has 1 aliphatic rings. The third-order valence-corrected chi connectivity index (χ3v) is 14.7. The summed E-state index contributed by atoms with van der Waals surface area (Å²) < 4.78 is 37.2. The zero-order chi connectivity index (χ0) is 53.0. The van der Waals surface area contributed by atoms with E-state index in [4.69, 9.17) is 13.8 Å². The Labute approximate surface area is 457 Å². The quantitative estimate of drug-likeness (QED) is 0.156. The standard InChI is InChI=1S/C69H55N4O.Pt/c1-44-36-47(38-49(37-44)69(5,6)7)53-26-16-27-59-56-24-13-11-22-54(56)55-23-12-14-25-57(55)60-28-17-29-63-67(60)72(66(53)59)43-71(63)50-20-15-21-51(41-50)74-52-31-32-58-61-39-46(45-18-9-8-10-19-45)30-33-62(61)73(64(58)42-52)65-40-48(34-35-70-65)68(2,3)4;/h8-40,43H,1-7H3;/q-3;/i1D3;. The van der Waals surface area contributed by atoms with Crippen molar-refractivity contribution in [1.82, 2.24) is 14.1 Å². The van der Waals surface area contributed by atoms with Crippen molar-refractivity contribution in [3.8, 4) is 39.6 Å². The van der Waals surface area contributed by atoms with E-state index in [-0.39, 0.29) is 31.9 Å². The van der Waals surface area contributed by atoms with E-state index in [9.17, 15) is 0 Å². The van der Waals surface area contributed by atoms with Crippen molar-refractivity contribution >= 4 is 76.5 Å². The molecule has 0 fully saturated rings. The number of fused-ring (bicyclic) bond motifs is 10. The maximum Gasteiger partial charge on any atom is 0.135 e. The van der Waals surface area contributed by atoms with Crippen molar-refractivity contribution in [3.05, 3.63) is 236 Å². The molecular weight excluding hydrogens is 1100 g/mol. The van der Waals surface area contributed by atoms with Gasteiger partial charge in [-0.15, -0.1) is 35.7 Å². The van der Waals surface area contributed by atoms with Crippen LogP contribution in [0.1, 0.15) is 62.3 Å². The van der Waals surface area contributed by atoms with Crippen molar-refractivity contribution < 1.29 is 29.9 Å². The van der Waals surface area contributed by atoms with Crippen molar-refractivity contribution in [2.45, 2.75) is 59.2 Å². The Balaban J connectivity index is 0.00000609. The van der Waals surface area contributed by atoms with Crippen LogP contribution in [-0.2, 0) is 31.9 Å². The summed E-state index contributed by atoms with van der Waals surface area (Å²) in [7, 11) is 0. The van der Waals surface area contributed by atoms with Gasteiger partial charge in [0, 0.05) is 54.1 Å². The van der Waals surface area contributed by atoms with Gasteiger partial charge < -0.3 is 18.8 Å². The SMILES string of the molecule is [2H]C([2H])([2H])c1cc(-c2cccc3c4ccccc4c4ccccc4c4cccc5c4n(c23)[CH-]N5c2[c-]c(Oc3[c-]c4c(cc3)c3cc(-c5ccccc5)ccc3n4-c3cc(C(C)(C)C)ccn3)ccc2)cc(C(C)(C)C)c1.[Pt]. The fourth-order valence-corrected chi connectivity index (χ4v) is 11.0. The molecule has 0 amide bonds. The van der Waals surface area contributed by atoms with Gasteiger partial charge in [0.25, 0.3) is 0 Å². The minimum absolute atomic E-state index is 0. The average molecular weight is 1150 g/mol. The van der Waals surface area contributed by atoms with Crippen molar-refractivity contribution in [2.75, 3.05) is 4.90 Å². The van der Waals surface area contributed by atoms with Gasteiger partial charge >= 0.3 is 0 Å². The molecule has 12 aromatic rings. The topological polar surface area (TPSA) is 35.2 Å². The second-order valence-electron chi connectivity index (χ2n) is 21.5. The molecule has 0 atom stereocenters. The number of aromatic nitrogens is 3. The van der Waals surface area contributed by atoms with Crippen LogP contribution in [-0.4, -0.2) is 14.1 Å². The smallest absolute Gasteiger partial charge is 0.135 e. The molecule has 13 rings (SSSR count). The minimum atomic E-state index is -2.31. The first-order chi connectivity index (χ1) is 37.1. The monoisotopic (exact) mass is 1150 g/mol. The number of nitrogens with zero attached hydrogens (tertiary/aromatic N) is 4. The molecule has 0 saturated heterocycles. The summed E-state index contributed by atoms with van der Waals surface area (Å²) in [5.74, 6) is 1.89. The van der Waals surface area contributed by atoms with Gasteiger partial charge in [-0.1, -0.05) is 198 Å². The number of anilines is 2. The molecule has 5 nitrogen and oxygen atoms in total. The summed E-state index contributed by atoms with van der Waals surface area (Å²) in [5.41, 5.74) is 11.7. The molecule has 3 aromatic heterocycles. The van der Waals surface area contributed by atoms with Gasteiger partial charge in [0.2, 0.25) is 0 Å². The van der Waals surface area contributed by atoms with E-state index in [1.807, 2.05) is 42.6 Å². The second kappa shape index (κ2) is 18.4. The first kappa shape index (κ1) is 44.4. The summed E-state index contributed by atoms with van der Waals surface area (Å²) in [6, 6.07) is 74.9. The summed E-state index contributed by atoms with van der Waals surface area (Å²) in [4.78, 5) is 7.14. The van der Waals surface area contributed by atoms with Crippen molar-refractivity contribution in [2.24, 2.45) is 0 Å². The molecule has 370 valence electrons. The molecule has 0 radical (unpaired) electrons. The van der Waals surface area contributed by atoms with Crippen LogP contribution in [0.25, 0.3) is 93.2 Å². The number of para-hydroxylation sites is 2. The van der Waals surface area contributed by atoms with Crippen LogP contribution >= 0.6 is 0 Å². The number of pyridine rings is 1. The van der Waals surface area contributed by atoms with E-state index >= 15 is 0 Å². The number of ether oxygens (including phenoxy) is 1. The second-order valence-corrected chi connectivity index (χ2v) is 21.5. The molecule has 0 saturated carbocycles. The Hall–Kier alpha value is -8.11. The maximum absolute atomic E-state index is 8.63. The van der Waals surface area contributed by atoms with Gasteiger partial charge in [-0.25, -0.2) is 4.98 Å². The zero-order valence-electron chi connectivity index (χ0n) is 45.6. The summed E-state index contributed by atoms with van der Waals surface area (Å²) in [6.45, 7) is 12.9. The maximum atomic E-state index is 8.63. The molecular formula is C69H55N4OPt-3. The van der Waals surface area contributed by atoms with Gasteiger partial charge in [-0.2, -0.15) is 12.1 Å². The predicted octanol–water partition coefficient (Wildman–Crippen LogP) is 18.5. The summed E-state index contributed by atoms with van der Waals surface area (Å²) in [5, 5.41) is 8.64. The van der Waals surface area contributed by atoms with Gasteiger partial charge in [-0.3, -0.25) is 0 Å². The summed E-state index contributed by atoms with van der Waals surface area (Å²) in [6.07, 6.45) is 1.90. The van der Waals surface area contributed by atoms with E-state index in [1.165, 1.54) is 5.56 Å². The molecule has 0 N–H and O–H groups in total. The Morgan fingerprint density at radius 1 is 0.507 bits per heavy atom. The van der Waals surface area contributed by atoms with Crippen molar-refractivity contribution in [3.63, 3.8) is 0 Å². The normalized spacial score (nSPS) is 13.2. The van der Waals surface area contributed by atoms with Crippen LogP contribution in [0.4, 0.5) is 11.4 Å². The summed E-state index contributed by atoms with van der Waals surface area (Å²) >= 11 is 0. The molecule has 0 bridgehead atoms. The largest absolute Gasteiger partial charge is 0.509 e. The van der Waals surface area contributed by atoms with E-state index < -0.39 is 6.85 Å². The van der Waals surface area contributed by atoms with Crippen LogP contribution in [0.2, 0.25) is 0 Å². The minimum Gasteiger partial charge on any atom is -0.509 e. The van der Waals surface area contributed by atoms with E-state index in [1.54, 1.807) is 0 Å². The number of aryl methyl sites for hydroxylation is 1.